The highest BCUT2D eigenvalue weighted by atomic mass is 16.5. The van der Waals surface area contributed by atoms with Gasteiger partial charge in [-0.3, -0.25) is 4.79 Å². The maximum absolute atomic E-state index is 10.6. The molecule has 2 N–H and O–H groups in total. The van der Waals surface area contributed by atoms with Gasteiger partial charge in [0.1, 0.15) is 11.5 Å². The van der Waals surface area contributed by atoms with Crippen LogP contribution in [0.5, 0.6) is 11.5 Å². The summed E-state index contributed by atoms with van der Waals surface area (Å²) in [5, 5.41) is 0. The zero-order valence-corrected chi connectivity index (χ0v) is 8.69. The number of primary amides is 1. The van der Waals surface area contributed by atoms with Crippen molar-refractivity contribution in [2.24, 2.45) is 5.73 Å². The zero-order valence-electron chi connectivity index (χ0n) is 8.69. The molecule has 80 valence electrons. The fourth-order valence-corrected chi connectivity index (χ4v) is 1.13. The molecule has 0 fully saturated rings. The largest absolute Gasteiger partial charge is 0.497 e. The summed E-state index contributed by atoms with van der Waals surface area (Å²) in [6.45, 7) is 0. The summed E-state index contributed by atoms with van der Waals surface area (Å²) in [4.78, 5) is 10.6. The Bertz CT molecular complexity index is 385. The average Bonchev–Trinajstić information content (AvgIpc) is 2.25. The highest BCUT2D eigenvalue weighted by molar-refractivity contribution is 5.90. The lowest BCUT2D eigenvalue weighted by Gasteiger charge is -2.06. The summed E-state index contributed by atoms with van der Waals surface area (Å²) in [6.07, 6.45) is 2.88. The summed E-state index contributed by atoms with van der Waals surface area (Å²) < 4.78 is 10.2. The number of ether oxygens (including phenoxy) is 2. The topological polar surface area (TPSA) is 61.5 Å². The summed E-state index contributed by atoms with van der Waals surface area (Å²) in [5.41, 5.74) is 5.77. The molecule has 15 heavy (non-hydrogen) atoms. The third-order valence-corrected chi connectivity index (χ3v) is 1.87. The van der Waals surface area contributed by atoms with Crippen LogP contribution in [0, 0.1) is 0 Å². The summed E-state index contributed by atoms with van der Waals surface area (Å²) in [7, 11) is 3.13. The smallest absolute Gasteiger partial charge is 0.241 e. The second-order valence-corrected chi connectivity index (χ2v) is 2.84. The number of carbonyl (C=O) groups is 1. The predicted octanol–water partition coefficient (Wildman–Crippen LogP) is 1.20. The van der Waals surface area contributed by atoms with Crippen molar-refractivity contribution in [2.75, 3.05) is 14.2 Å². The Balaban J connectivity index is 3.02. The van der Waals surface area contributed by atoms with Crippen molar-refractivity contribution in [3.05, 3.63) is 29.8 Å². The number of benzene rings is 1. The van der Waals surface area contributed by atoms with Crippen LogP contribution >= 0.6 is 0 Å². The SMILES string of the molecule is COc1ccc(/C=C/C(N)=O)c(OC)c1. The van der Waals surface area contributed by atoms with Crippen molar-refractivity contribution >= 4 is 12.0 Å². The van der Waals surface area contributed by atoms with Gasteiger partial charge in [-0.1, -0.05) is 0 Å². The Hall–Kier alpha value is -1.97. The van der Waals surface area contributed by atoms with E-state index in [0.717, 1.165) is 5.56 Å². The van der Waals surface area contributed by atoms with E-state index in [9.17, 15) is 4.79 Å². The number of methoxy groups -OCH3 is 2. The second-order valence-electron chi connectivity index (χ2n) is 2.84. The van der Waals surface area contributed by atoms with E-state index >= 15 is 0 Å². The first-order valence-electron chi connectivity index (χ1n) is 4.37. The summed E-state index contributed by atoms with van der Waals surface area (Å²) in [5.74, 6) is 0.836. The molecule has 4 nitrogen and oxygen atoms in total. The van der Waals surface area contributed by atoms with E-state index in [1.807, 2.05) is 0 Å². The van der Waals surface area contributed by atoms with Crippen LogP contribution in [-0.4, -0.2) is 20.1 Å². The Kier molecular flexibility index (Phi) is 3.74. The van der Waals surface area contributed by atoms with Gasteiger partial charge in [0.2, 0.25) is 5.91 Å². The van der Waals surface area contributed by atoms with Gasteiger partial charge >= 0.3 is 0 Å². The molecule has 1 aromatic rings. The first-order valence-corrected chi connectivity index (χ1v) is 4.37. The maximum Gasteiger partial charge on any atom is 0.241 e. The monoisotopic (exact) mass is 207 g/mol. The highest BCUT2D eigenvalue weighted by Crippen LogP contribution is 2.25. The summed E-state index contributed by atoms with van der Waals surface area (Å²) >= 11 is 0. The van der Waals surface area contributed by atoms with Gasteiger partial charge in [0.05, 0.1) is 14.2 Å². The number of hydrogen-bond acceptors (Lipinski definition) is 3. The van der Waals surface area contributed by atoms with Crippen molar-refractivity contribution in [1.29, 1.82) is 0 Å². The minimum Gasteiger partial charge on any atom is -0.497 e. The van der Waals surface area contributed by atoms with Gasteiger partial charge in [-0.15, -0.1) is 0 Å². The number of nitrogens with two attached hydrogens (primary N) is 1. The van der Waals surface area contributed by atoms with E-state index < -0.39 is 5.91 Å². The number of carbonyl (C=O) groups excluding carboxylic acids is 1. The quantitative estimate of drug-likeness (QED) is 0.754. The van der Waals surface area contributed by atoms with E-state index in [2.05, 4.69) is 0 Å². The lowest BCUT2D eigenvalue weighted by molar-refractivity contribution is -0.113. The minimum absolute atomic E-state index is 0.493. The molecule has 0 spiro atoms. The molecule has 0 saturated heterocycles. The lowest BCUT2D eigenvalue weighted by Crippen LogP contribution is -2.05. The Morgan fingerprint density at radius 1 is 1.33 bits per heavy atom. The van der Waals surface area contributed by atoms with Gasteiger partial charge in [-0.25, -0.2) is 0 Å². The molecule has 1 rings (SSSR count). The van der Waals surface area contributed by atoms with Gasteiger partial charge in [-0.2, -0.15) is 0 Å². The zero-order chi connectivity index (χ0) is 11.3. The maximum atomic E-state index is 10.6. The molecule has 0 heterocycles. The standard InChI is InChI=1S/C11H13NO3/c1-14-9-5-3-8(4-6-11(12)13)10(7-9)15-2/h3-7H,1-2H3,(H2,12,13)/b6-4+. The molecule has 4 heteroatoms. The lowest BCUT2D eigenvalue weighted by atomic mass is 10.1. The van der Waals surface area contributed by atoms with Gasteiger partial charge in [-0.05, 0) is 18.2 Å². The molecule has 0 aliphatic rings. The normalized spacial score (nSPS) is 10.3. The molecule has 0 aliphatic carbocycles. The Labute approximate surface area is 88.3 Å². The van der Waals surface area contributed by atoms with E-state index in [0.29, 0.717) is 11.5 Å². The Morgan fingerprint density at radius 3 is 2.60 bits per heavy atom. The van der Waals surface area contributed by atoms with Crippen molar-refractivity contribution in [2.45, 2.75) is 0 Å². The second kappa shape index (κ2) is 5.05. The molecule has 0 saturated carbocycles. The first-order chi connectivity index (χ1) is 7.17. The van der Waals surface area contributed by atoms with E-state index in [1.54, 1.807) is 38.5 Å². The predicted molar refractivity (Wildman–Crippen MR) is 57.8 cm³/mol. The number of amides is 1. The van der Waals surface area contributed by atoms with Crippen LogP contribution in [-0.2, 0) is 4.79 Å². The van der Waals surface area contributed by atoms with Crippen LogP contribution in [0.1, 0.15) is 5.56 Å². The molecule has 0 unspecified atom stereocenters. The van der Waals surface area contributed by atoms with Crippen LogP contribution in [0.3, 0.4) is 0 Å². The third kappa shape index (κ3) is 3.02. The third-order valence-electron chi connectivity index (χ3n) is 1.87. The molecule has 1 aromatic carbocycles. The minimum atomic E-state index is -0.493. The average molecular weight is 207 g/mol. The molecule has 0 bridgehead atoms. The van der Waals surface area contributed by atoms with Crippen molar-refractivity contribution in [3.63, 3.8) is 0 Å². The van der Waals surface area contributed by atoms with Crippen LogP contribution in [0.2, 0.25) is 0 Å². The number of hydrogen-bond donors (Lipinski definition) is 1. The molecule has 1 amide bonds. The van der Waals surface area contributed by atoms with Gasteiger partial charge in [0, 0.05) is 17.7 Å². The van der Waals surface area contributed by atoms with E-state index in [4.69, 9.17) is 15.2 Å². The van der Waals surface area contributed by atoms with Crippen LogP contribution in [0.15, 0.2) is 24.3 Å². The van der Waals surface area contributed by atoms with E-state index in [1.165, 1.54) is 6.08 Å². The fourth-order valence-electron chi connectivity index (χ4n) is 1.13. The molecular formula is C11H13NO3. The van der Waals surface area contributed by atoms with Gasteiger partial charge in [0.25, 0.3) is 0 Å². The molecule has 0 radical (unpaired) electrons. The highest BCUT2D eigenvalue weighted by Gasteiger charge is 2.01. The first kappa shape index (κ1) is 11.1. The van der Waals surface area contributed by atoms with Crippen molar-refractivity contribution in [1.82, 2.24) is 0 Å². The van der Waals surface area contributed by atoms with Crippen LogP contribution in [0.4, 0.5) is 0 Å². The molecule has 0 atom stereocenters. The molecule has 0 aromatic heterocycles. The molecular weight excluding hydrogens is 194 g/mol. The number of rotatable bonds is 4. The molecule has 0 aliphatic heterocycles. The Morgan fingerprint density at radius 2 is 2.07 bits per heavy atom. The van der Waals surface area contributed by atoms with Crippen LogP contribution < -0.4 is 15.2 Å². The summed E-state index contributed by atoms with van der Waals surface area (Å²) in [6, 6.07) is 5.31. The van der Waals surface area contributed by atoms with E-state index in [-0.39, 0.29) is 0 Å². The van der Waals surface area contributed by atoms with Crippen LogP contribution in [0.25, 0.3) is 6.08 Å². The van der Waals surface area contributed by atoms with Gasteiger partial charge in [0.15, 0.2) is 0 Å². The fraction of sp³-hybridized carbons (Fsp3) is 0.182. The van der Waals surface area contributed by atoms with Gasteiger partial charge < -0.3 is 15.2 Å². The van der Waals surface area contributed by atoms with Crippen molar-refractivity contribution < 1.29 is 14.3 Å². The van der Waals surface area contributed by atoms with Crippen molar-refractivity contribution in [3.8, 4) is 11.5 Å².